The molecule has 0 bridgehead atoms. The van der Waals surface area contributed by atoms with E-state index in [0.717, 1.165) is 0 Å². The summed E-state index contributed by atoms with van der Waals surface area (Å²) in [7, 11) is -12.5. The van der Waals surface area contributed by atoms with E-state index < -0.39 is 87.1 Å². The lowest BCUT2D eigenvalue weighted by atomic mass is 9.75. The number of rotatable bonds is 20. The molecule has 0 fully saturated rings. The molecule has 308 valence electrons. The number of ether oxygens (including phenoxy) is 4. The van der Waals surface area contributed by atoms with Gasteiger partial charge in [-0.3, -0.25) is 28.3 Å². The van der Waals surface area contributed by atoms with Crippen molar-refractivity contribution in [2.45, 2.75) is 90.9 Å². The average Bonchev–Trinajstić information content (AvgIpc) is 3.03. The van der Waals surface area contributed by atoms with Gasteiger partial charge in [-0.2, -0.15) is 16.8 Å². The second kappa shape index (κ2) is 17.9. The predicted molar refractivity (Wildman–Crippen MR) is 198 cm³/mol. The Hall–Kier alpha value is -3.91. The van der Waals surface area contributed by atoms with Crippen molar-refractivity contribution in [1.82, 2.24) is 0 Å². The van der Waals surface area contributed by atoms with E-state index in [0.29, 0.717) is 0 Å². The molecule has 0 saturated carbocycles. The predicted octanol–water partition coefficient (Wildman–Crippen LogP) is 4.86. The van der Waals surface area contributed by atoms with Crippen LogP contribution in [0.2, 0.25) is 0 Å². The molecule has 0 radical (unpaired) electrons. The molecule has 19 heteroatoms. The first kappa shape index (κ1) is 47.2. The monoisotopic (exact) mass is 834 g/mol. The molecule has 55 heavy (non-hydrogen) atoms. The van der Waals surface area contributed by atoms with Gasteiger partial charge in [-0.1, -0.05) is 0 Å². The van der Waals surface area contributed by atoms with E-state index in [2.05, 4.69) is 0 Å². The molecule has 0 saturated heterocycles. The van der Waals surface area contributed by atoms with Crippen molar-refractivity contribution in [2.24, 2.45) is 21.7 Å². The Kier molecular flexibility index (Phi) is 15.4. The van der Waals surface area contributed by atoms with Crippen molar-refractivity contribution >= 4 is 54.0 Å². The van der Waals surface area contributed by atoms with Crippen LogP contribution in [0.15, 0.2) is 58.3 Å². The number of esters is 4. The number of sulfone groups is 1. The van der Waals surface area contributed by atoms with Gasteiger partial charge in [-0.25, -0.2) is 8.42 Å². The third-order valence-electron chi connectivity index (χ3n) is 8.23. The van der Waals surface area contributed by atoms with Gasteiger partial charge < -0.3 is 18.9 Å². The minimum absolute atomic E-state index is 0.0120. The molecular weight excluding hydrogens is 785 g/mol. The summed E-state index contributed by atoms with van der Waals surface area (Å²) in [6, 6.07) is 10.2. The molecule has 0 aliphatic carbocycles. The van der Waals surface area contributed by atoms with Gasteiger partial charge in [0.15, 0.2) is 0 Å². The lowest BCUT2D eigenvalue weighted by Gasteiger charge is -2.31. The quantitative estimate of drug-likeness (QED) is 0.0782. The molecule has 0 atom stereocenters. The summed E-state index contributed by atoms with van der Waals surface area (Å²) < 4.78 is 109. The van der Waals surface area contributed by atoms with Crippen LogP contribution in [0.4, 0.5) is 0 Å². The molecule has 0 spiro atoms. The van der Waals surface area contributed by atoms with Crippen molar-refractivity contribution in [2.75, 3.05) is 24.7 Å². The van der Waals surface area contributed by atoms with Gasteiger partial charge in [0.2, 0.25) is 9.84 Å². The third-order valence-corrected chi connectivity index (χ3v) is 11.6. The number of hydrogen-bond donors (Lipinski definition) is 2. The summed E-state index contributed by atoms with van der Waals surface area (Å²) in [6.07, 6.45) is -0.229. The fourth-order valence-electron chi connectivity index (χ4n) is 5.70. The zero-order valence-corrected chi connectivity index (χ0v) is 34.6. The standard InChI is InChI=1S/C36H50O16S3/c1-33(2,29(37)49-19-9-21-53(41,42)43)23-35(5,6)31(39)51-25-11-15-27(16-12-25)55(47,48)28-17-13-26(14-18-28)52-32(40)36(7,8)24-34(3,4)30(38)50-20-10-22-54(44,45)46/h11-18H,9-10,19-24H2,1-8H3,(H,41,42,43)(H,44,45,46). The van der Waals surface area contributed by atoms with Gasteiger partial charge in [0, 0.05) is 0 Å². The SMILES string of the molecule is CC(C)(CC(C)(C)C(=O)Oc1ccc(S(=O)(=O)c2ccc(OC(=O)C(C)(C)CC(C)(C)C(=O)OCCCS(=O)(=O)O)cc2)cc1)C(=O)OCCCS(=O)(=O)O. The van der Waals surface area contributed by atoms with Gasteiger partial charge in [-0.15, -0.1) is 0 Å². The minimum Gasteiger partial charge on any atom is -0.465 e. The van der Waals surface area contributed by atoms with Crippen LogP contribution in [0.1, 0.15) is 81.1 Å². The first-order valence-electron chi connectivity index (χ1n) is 17.0. The maximum atomic E-state index is 13.4. The Bertz CT molecular complexity index is 1890. The maximum absolute atomic E-state index is 13.4. The van der Waals surface area contributed by atoms with E-state index in [4.69, 9.17) is 28.1 Å². The molecule has 0 heterocycles. The van der Waals surface area contributed by atoms with Gasteiger partial charge >= 0.3 is 23.9 Å². The Morgan fingerprint density at radius 1 is 0.491 bits per heavy atom. The molecule has 2 aromatic rings. The molecule has 16 nitrogen and oxygen atoms in total. The Labute approximate surface area is 322 Å². The number of hydrogen-bond acceptors (Lipinski definition) is 14. The maximum Gasteiger partial charge on any atom is 0.316 e. The highest BCUT2D eigenvalue weighted by molar-refractivity contribution is 7.91. The summed E-state index contributed by atoms with van der Waals surface area (Å²) >= 11 is 0. The van der Waals surface area contributed by atoms with Gasteiger partial charge in [-0.05, 0) is 130 Å². The smallest absolute Gasteiger partial charge is 0.316 e. The van der Waals surface area contributed by atoms with Crippen LogP contribution in [0.25, 0.3) is 0 Å². The van der Waals surface area contributed by atoms with Crippen LogP contribution in [0, 0.1) is 21.7 Å². The van der Waals surface area contributed by atoms with Crippen molar-refractivity contribution in [3.63, 3.8) is 0 Å². The summed E-state index contributed by atoms with van der Waals surface area (Å²) in [5.74, 6) is -3.82. The lowest BCUT2D eigenvalue weighted by molar-refractivity contribution is -0.159. The van der Waals surface area contributed by atoms with E-state index >= 15 is 0 Å². The number of benzene rings is 2. The van der Waals surface area contributed by atoms with Crippen molar-refractivity contribution < 1.29 is 72.5 Å². The van der Waals surface area contributed by atoms with Crippen LogP contribution in [-0.4, -0.2) is 83.0 Å². The molecule has 0 amide bonds. The average molecular weight is 835 g/mol. The molecule has 0 unspecified atom stereocenters. The zero-order valence-electron chi connectivity index (χ0n) is 32.1. The normalized spacial score (nSPS) is 13.1. The summed E-state index contributed by atoms with van der Waals surface area (Å²) in [5.41, 5.74) is -4.76. The van der Waals surface area contributed by atoms with Crippen LogP contribution < -0.4 is 9.47 Å². The Morgan fingerprint density at radius 3 is 1.04 bits per heavy atom. The van der Waals surface area contributed by atoms with Crippen molar-refractivity contribution in [1.29, 1.82) is 0 Å². The van der Waals surface area contributed by atoms with E-state index in [-0.39, 0.29) is 60.2 Å². The third kappa shape index (κ3) is 14.9. The Morgan fingerprint density at radius 2 is 0.764 bits per heavy atom. The second-order valence-corrected chi connectivity index (χ2v) is 20.8. The molecule has 0 aliphatic rings. The topological polar surface area (TPSA) is 248 Å². The molecular formula is C36H50O16S3. The van der Waals surface area contributed by atoms with E-state index in [1.54, 1.807) is 55.4 Å². The van der Waals surface area contributed by atoms with E-state index in [1.165, 1.54) is 48.5 Å². The first-order valence-corrected chi connectivity index (χ1v) is 21.7. The highest BCUT2D eigenvalue weighted by Gasteiger charge is 2.42. The molecule has 2 rings (SSSR count). The highest BCUT2D eigenvalue weighted by Crippen LogP contribution is 2.38. The summed E-state index contributed by atoms with van der Waals surface area (Å²) in [4.78, 5) is 51.2. The minimum atomic E-state index is -4.20. The molecule has 0 aromatic heterocycles. The fourth-order valence-corrected chi connectivity index (χ4v) is 7.93. The Balaban J connectivity index is 2.03. The zero-order chi connectivity index (χ0) is 42.3. The van der Waals surface area contributed by atoms with Gasteiger partial charge in [0.1, 0.15) is 11.5 Å². The summed E-state index contributed by atoms with van der Waals surface area (Å²) in [6.45, 7) is 12.0. The van der Waals surface area contributed by atoms with Crippen molar-refractivity contribution in [3.05, 3.63) is 48.5 Å². The van der Waals surface area contributed by atoms with E-state index in [1.807, 2.05) is 0 Å². The van der Waals surface area contributed by atoms with E-state index in [9.17, 15) is 44.4 Å². The first-order chi connectivity index (χ1) is 24.9. The van der Waals surface area contributed by atoms with Crippen LogP contribution in [0.3, 0.4) is 0 Å². The van der Waals surface area contributed by atoms with Gasteiger partial charge in [0.25, 0.3) is 20.2 Å². The highest BCUT2D eigenvalue weighted by atomic mass is 32.2. The number of carbonyl (C=O) groups is 4. The largest absolute Gasteiger partial charge is 0.465 e. The lowest BCUT2D eigenvalue weighted by Crippen LogP contribution is -2.38. The van der Waals surface area contributed by atoms with Gasteiger partial charge in [0.05, 0.1) is 56.2 Å². The second-order valence-electron chi connectivity index (χ2n) is 15.7. The number of carbonyl (C=O) groups excluding carboxylic acids is 4. The molecule has 2 aromatic carbocycles. The van der Waals surface area contributed by atoms with Crippen LogP contribution in [-0.2, 0) is 58.7 Å². The van der Waals surface area contributed by atoms with Crippen molar-refractivity contribution in [3.8, 4) is 11.5 Å². The van der Waals surface area contributed by atoms with Crippen LogP contribution >= 0.6 is 0 Å². The van der Waals surface area contributed by atoms with Crippen LogP contribution in [0.5, 0.6) is 11.5 Å². The molecule has 0 aliphatic heterocycles. The molecule has 2 N–H and O–H groups in total. The fraction of sp³-hybridized carbons (Fsp3) is 0.556. The summed E-state index contributed by atoms with van der Waals surface area (Å²) in [5, 5.41) is 0.